The first kappa shape index (κ1) is 23.9. The average molecular weight is 478 g/mol. The lowest BCUT2D eigenvalue weighted by Crippen LogP contribution is -2.38. The Kier molecular flexibility index (Phi) is 7.09. The number of carboxylic acid groups (broad SMARTS) is 1. The highest BCUT2D eigenvalue weighted by molar-refractivity contribution is 6.04. The van der Waals surface area contributed by atoms with Crippen molar-refractivity contribution >= 4 is 23.8 Å². The number of hydrogen-bond acceptors (Lipinski definition) is 6. The van der Waals surface area contributed by atoms with Gasteiger partial charge in [0.2, 0.25) is 0 Å². The molecular formula is C25H27N5O5. The Morgan fingerprint density at radius 2 is 1.94 bits per heavy atom. The number of amides is 2. The van der Waals surface area contributed by atoms with Gasteiger partial charge in [-0.2, -0.15) is 0 Å². The molecule has 0 aliphatic carbocycles. The smallest absolute Gasteiger partial charge is 0.407 e. The number of imidazole rings is 1. The monoisotopic (exact) mass is 477 g/mol. The van der Waals surface area contributed by atoms with E-state index in [2.05, 4.69) is 20.3 Å². The molecule has 1 atom stereocenters. The molecular weight excluding hydrogens is 450 g/mol. The van der Waals surface area contributed by atoms with Crippen LogP contribution >= 0.6 is 0 Å². The average Bonchev–Trinajstić information content (AvgIpc) is 3.31. The van der Waals surface area contributed by atoms with Crippen molar-refractivity contribution in [1.29, 1.82) is 0 Å². The standard InChI is InChI=1S/C25H27N5O5/c1-3-35-24(32)21-20(28-22(29-21)18-6-4-5-13-30(18)25(33)34)16-8-10-17(11-9-16)23(31)27-19-12-7-15(2)14-26-19/h7-12,14,18H,3-6,13H2,1-2H3,(H,28,29)(H,33,34)(H,26,27,31)/t18-/m0/s1. The second kappa shape index (κ2) is 10.4. The number of nitrogens with zero attached hydrogens (tertiary/aromatic N) is 3. The van der Waals surface area contributed by atoms with Gasteiger partial charge in [-0.25, -0.2) is 19.6 Å². The molecule has 0 bridgehead atoms. The third-order valence-corrected chi connectivity index (χ3v) is 5.84. The van der Waals surface area contributed by atoms with Crippen LogP contribution in [0.1, 0.15) is 64.5 Å². The number of hydrogen-bond donors (Lipinski definition) is 3. The highest BCUT2D eigenvalue weighted by Crippen LogP contribution is 2.32. The van der Waals surface area contributed by atoms with Crippen molar-refractivity contribution in [3.05, 3.63) is 65.2 Å². The maximum Gasteiger partial charge on any atom is 0.407 e. The minimum absolute atomic E-state index is 0.152. The molecule has 0 saturated carbocycles. The van der Waals surface area contributed by atoms with E-state index in [0.29, 0.717) is 41.4 Å². The van der Waals surface area contributed by atoms with Gasteiger partial charge in [-0.1, -0.05) is 18.2 Å². The van der Waals surface area contributed by atoms with Crippen LogP contribution in [0.25, 0.3) is 11.3 Å². The highest BCUT2D eigenvalue weighted by atomic mass is 16.5. The lowest BCUT2D eigenvalue weighted by molar-refractivity contribution is 0.0520. The molecule has 3 N–H and O–H groups in total. The van der Waals surface area contributed by atoms with E-state index in [1.54, 1.807) is 43.5 Å². The summed E-state index contributed by atoms with van der Waals surface area (Å²) in [7, 11) is 0. The Labute approximate surface area is 202 Å². The highest BCUT2D eigenvalue weighted by Gasteiger charge is 2.32. The van der Waals surface area contributed by atoms with Crippen LogP contribution < -0.4 is 5.32 Å². The third kappa shape index (κ3) is 5.32. The lowest BCUT2D eigenvalue weighted by atomic mass is 10.0. The Hall–Kier alpha value is -4.21. The SMILES string of the molecule is CCOC(=O)c1[nH]c([C@@H]2CCCCN2C(=O)O)nc1-c1ccc(C(=O)Nc2ccc(C)cn2)cc1. The number of piperidine rings is 1. The Bertz CT molecular complexity index is 1220. The van der Waals surface area contributed by atoms with Crippen molar-refractivity contribution in [1.82, 2.24) is 19.9 Å². The number of nitrogens with one attached hydrogen (secondary N) is 2. The van der Waals surface area contributed by atoms with Crippen LogP contribution in [-0.2, 0) is 4.74 Å². The first-order chi connectivity index (χ1) is 16.9. The van der Waals surface area contributed by atoms with Crippen LogP contribution in [0.3, 0.4) is 0 Å². The van der Waals surface area contributed by atoms with Crippen LogP contribution in [0.2, 0.25) is 0 Å². The zero-order valence-corrected chi connectivity index (χ0v) is 19.6. The van der Waals surface area contributed by atoms with E-state index >= 15 is 0 Å². The maximum atomic E-state index is 12.7. The summed E-state index contributed by atoms with van der Waals surface area (Å²) >= 11 is 0. The largest absolute Gasteiger partial charge is 0.465 e. The fourth-order valence-corrected chi connectivity index (χ4v) is 4.06. The molecule has 1 aliphatic heterocycles. The Morgan fingerprint density at radius 1 is 1.17 bits per heavy atom. The molecule has 2 amide bonds. The second-order valence-corrected chi connectivity index (χ2v) is 8.31. The molecule has 3 heterocycles. The number of likely N-dealkylation sites (tertiary alicyclic amines) is 1. The molecule has 182 valence electrons. The fourth-order valence-electron chi connectivity index (χ4n) is 4.06. The van der Waals surface area contributed by atoms with Gasteiger partial charge in [-0.15, -0.1) is 0 Å². The summed E-state index contributed by atoms with van der Waals surface area (Å²) in [4.78, 5) is 50.2. The summed E-state index contributed by atoms with van der Waals surface area (Å²) in [5.41, 5.74) is 2.50. The number of benzene rings is 1. The van der Waals surface area contributed by atoms with Gasteiger partial charge in [0.1, 0.15) is 17.3 Å². The number of aromatic nitrogens is 3. The van der Waals surface area contributed by atoms with Crippen molar-refractivity contribution in [2.75, 3.05) is 18.5 Å². The summed E-state index contributed by atoms with van der Waals surface area (Å²) in [6, 6.07) is 9.75. The van der Waals surface area contributed by atoms with Crippen LogP contribution in [0.5, 0.6) is 0 Å². The fraction of sp³-hybridized carbons (Fsp3) is 0.320. The number of rotatable bonds is 6. The molecule has 2 aromatic heterocycles. The molecule has 35 heavy (non-hydrogen) atoms. The second-order valence-electron chi connectivity index (χ2n) is 8.31. The molecule has 0 unspecified atom stereocenters. The third-order valence-electron chi connectivity index (χ3n) is 5.84. The molecule has 10 heteroatoms. The van der Waals surface area contributed by atoms with Gasteiger partial charge in [0.05, 0.1) is 12.6 Å². The molecule has 0 radical (unpaired) electrons. The van der Waals surface area contributed by atoms with E-state index < -0.39 is 18.1 Å². The number of aromatic amines is 1. The van der Waals surface area contributed by atoms with Gasteiger partial charge in [0.15, 0.2) is 5.69 Å². The summed E-state index contributed by atoms with van der Waals surface area (Å²) in [6.45, 7) is 4.21. The van der Waals surface area contributed by atoms with Crippen molar-refractivity contribution in [3.63, 3.8) is 0 Å². The number of carbonyl (C=O) groups is 3. The maximum absolute atomic E-state index is 12.7. The zero-order valence-electron chi connectivity index (χ0n) is 19.6. The first-order valence-electron chi connectivity index (χ1n) is 11.5. The molecule has 1 aliphatic rings. The summed E-state index contributed by atoms with van der Waals surface area (Å²) in [6.07, 6.45) is 2.89. The van der Waals surface area contributed by atoms with E-state index in [9.17, 15) is 19.5 Å². The lowest BCUT2D eigenvalue weighted by Gasteiger charge is -2.32. The zero-order chi connectivity index (χ0) is 24.9. The van der Waals surface area contributed by atoms with Gasteiger partial charge >= 0.3 is 12.1 Å². The number of ether oxygens (including phenoxy) is 1. The molecule has 1 aromatic carbocycles. The predicted molar refractivity (Wildman–Crippen MR) is 128 cm³/mol. The first-order valence-corrected chi connectivity index (χ1v) is 11.5. The molecule has 10 nitrogen and oxygen atoms in total. The van der Waals surface area contributed by atoms with Crippen molar-refractivity contribution in [2.45, 2.75) is 39.2 Å². The summed E-state index contributed by atoms with van der Waals surface area (Å²) < 4.78 is 5.19. The van der Waals surface area contributed by atoms with Crippen molar-refractivity contribution < 1.29 is 24.2 Å². The van der Waals surface area contributed by atoms with Crippen molar-refractivity contribution in [3.8, 4) is 11.3 Å². The molecule has 1 fully saturated rings. The number of esters is 1. The van der Waals surface area contributed by atoms with Crippen LogP contribution in [0, 0.1) is 6.92 Å². The number of anilines is 1. The molecule has 0 spiro atoms. The van der Waals surface area contributed by atoms with Gasteiger partial charge < -0.3 is 20.1 Å². The van der Waals surface area contributed by atoms with Gasteiger partial charge in [-0.05, 0) is 56.9 Å². The van der Waals surface area contributed by atoms with Crippen LogP contribution in [-0.4, -0.2) is 56.1 Å². The Balaban J connectivity index is 1.62. The van der Waals surface area contributed by atoms with Crippen LogP contribution in [0.4, 0.5) is 10.6 Å². The number of aryl methyl sites for hydroxylation is 1. The van der Waals surface area contributed by atoms with Crippen molar-refractivity contribution in [2.24, 2.45) is 0 Å². The quantitative estimate of drug-likeness (QED) is 0.447. The molecule has 1 saturated heterocycles. The topological polar surface area (TPSA) is 138 Å². The summed E-state index contributed by atoms with van der Waals surface area (Å²) in [5.74, 6) is -0.0501. The minimum Gasteiger partial charge on any atom is -0.465 e. The van der Waals surface area contributed by atoms with E-state index in [4.69, 9.17) is 4.74 Å². The number of carbonyl (C=O) groups excluding carboxylic acids is 2. The van der Waals surface area contributed by atoms with E-state index in [1.807, 2.05) is 13.0 Å². The van der Waals surface area contributed by atoms with Gasteiger partial charge in [0, 0.05) is 23.9 Å². The predicted octanol–water partition coefficient (Wildman–Crippen LogP) is 4.41. The Morgan fingerprint density at radius 3 is 2.60 bits per heavy atom. The van der Waals surface area contributed by atoms with Gasteiger partial charge in [0.25, 0.3) is 5.91 Å². The minimum atomic E-state index is -1.02. The summed E-state index contributed by atoms with van der Waals surface area (Å²) in [5, 5.41) is 12.4. The van der Waals surface area contributed by atoms with E-state index in [1.165, 1.54) is 4.90 Å². The number of pyridine rings is 1. The normalized spacial score (nSPS) is 15.5. The number of H-pyrrole nitrogens is 1. The van der Waals surface area contributed by atoms with E-state index in [0.717, 1.165) is 18.4 Å². The van der Waals surface area contributed by atoms with Crippen LogP contribution in [0.15, 0.2) is 42.6 Å². The van der Waals surface area contributed by atoms with E-state index in [-0.39, 0.29) is 18.2 Å². The molecule has 4 rings (SSSR count). The molecule has 3 aromatic rings. The van der Waals surface area contributed by atoms with Gasteiger partial charge in [-0.3, -0.25) is 9.69 Å².